The van der Waals surface area contributed by atoms with Crippen molar-refractivity contribution in [1.82, 2.24) is 4.72 Å². The van der Waals surface area contributed by atoms with Gasteiger partial charge in [-0.15, -0.1) is 0 Å². The molecule has 1 amide bonds. The predicted molar refractivity (Wildman–Crippen MR) is 93.1 cm³/mol. The van der Waals surface area contributed by atoms with Crippen LogP contribution in [0, 0.1) is 10.1 Å². The lowest BCUT2D eigenvalue weighted by molar-refractivity contribution is -0.384. The van der Waals surface area contributed by atoms with Crippen LogP contribution in [0.4, 0.5) is 24.5 Å². The topological polar surface area (TPSA) is 118 Å². The summed E-state index contributed by atoms with van der Waals surface area (Å²) in [7, 11) is -4.34. The van der Waals surface area contributed by atoms with Crippen LogP contribution in [-0.4, -0.2) is 32.0 Å². The number of anilines is 1. The summed E-state index contributed by atoms with van der Waals surface area (Å²) in [6.45, 7) is -1.69. The van der Waals surface area contributed by atoms with Gasteiger partial charge in [0.15, 0.2) is 0 Å². The maximum Gasteiger partial charge on any atom is 0.402 e. The lowest BCUT2D eigenvalue weighted by atomic mass is 10.1. The molecule has 0 aromatic heterocycles. The van der Waals surface area contributed by atoms with Crippen LogP contribution >= 0.6 is 0 Å². The Bertz CT molecular complexity index is 959. The van der Waals surface area contributed by atoms with E-state index in [1.807, 2.05) is 0 Å². The molecule has 0 atom stereocenters. The van der Waals surface area contributed by atoms with Crippen LogP contribution in [-0.2, 0) is 21.2 Å². The Kier molecular flexibility index (Phi) is 6.36. The fourth-order valence-electron chi connectivity index (χ4n) is 2.10. The molecule has 0 aliphatic carbocycles. The van der Waals surface area contributed by atoms with E-state index in [4.69, 9.17) is 0 Å². The molecule has 0 radical (unpaired) electrons. The van der Waals surface area contributed by atoms with Gasteiger partial charge in [-0.05, 0) is 29.8 Å². The Balaban J connectivity index is 1.97. The molecule has 2 N–H and O–H groups in total. The molecule has 0 aliphatic heterocycles. The minimum Gasteiger partial charge on any atom is -0.326 e. The smallest absolute Gasteiger partial charge is 0.326 e. The van der Waals surface area contributed by atoms with Gasteiger partial charge in [0.25, 0.3) is 5.69 Å². The van der Waals surface area contributed by atoms with Crippen molar-refractivity contribution >= 4 is 27.3 Å². The zero-order valence-corrected chi connectivity index (χ0v) is 14.9. The summed E-state index contributed by atoms with van der Waals surface area (Å²) < 4.78 is 61.4. The number of nitrogens with zero attached hydrogens (tertiary/aromatic N) is 1. The number of sulfonamides is 1. The van der Waals surface area contributed by atoms with Crippen LogP contribution in [0.25, 0.3) is 0 Å². The molecule has 2 rings (SSSR count). The van der Waals surface area contributed by atoms with Gasteiger partial charge in [-0.1, -0.05) is 12.1 Å². The summed E-state index contributed by atoms with van der Waals surface area (Å²) in [4.78, 5) is 21.6. The van der Waals surface area contributed by atoms with E-state index in [1.54, 1.807) is 0 Å². The highest BCUT2D eigenvalue weighted by Gasteiger charge is 2.30. The molecule has 12 heteroatoms. The fourth-order valence-corrected chi connectivity index (χ4v) is 3.12. The van der Waals surface area contributed by atoms with Gasteiger partial charge in [0, 0.05) is 17.8 Å². The van der Waals surface area contributed by atoms with Crippen LogP contribution < -0.4 is 10.0 Å². The van der Waals surface area contributed by atoms with Crippen molar-refractivity contribution in [2.45, 2.75) is 17.5 Å². The predicted octanol–water partition coefficient (Wildman–Crippen LogP) is 2.62. The number of nitrogens with one attached hydrogen (secondary N) is 2. The molecular formula is C16H14F3N3O5S. The molecule has 0 saturated carbocycles. The van der Waals surface area contributed by atoms with Gasteiger partial charge >= 0.3 is 6.18 Å². The second-order valence-electron chi connectivity index (χ2n) is 5.61. The van der Waals surface area contributed by atoms with E-state index in [-0.39, 0.29) is 22.7 Å². The number of alkyl halides is 3. The van der Waals surface area contributed by atoms with Crippen molar-refractivity contribution in [2.24, 2.45) is 0 Å². The second-order valence-corrected chi connectivity index (χ2v) is 7.38. The highest BCUT2D eigenvalue weighted by Crippen LogP contribution is 2.18. The number of hydrogen-bond donors (Lipinski definition) is 2. The van der Waals surface area contributed by atoms with E-state index >= 15 is 0 Å². The molecule has 0 saturated heterocycles. The van der Waals surface area contributed by atoms with E-state index in [0.29, 0.717) is 5.56 Å². The zero-order chi connectivity index (χ0) is 20.9. The molecule has 8 nitrogen and oxygen atoms in total. The molecule has 28 heavy (non-hydrogen) atoms. The lowest BCUT2D eigenvalue weighted by Crippen LogP contribution is -2.33. The average molecular weight is 417 g/mol. The molecule has 0 heterocycles. The third-order valence-corrected chi connectivity index (χ3v) is 4.84. The first-order chi connectivity index (χ1) is 13.0. The van der Waals surface area contributed by atoms with Gasteiger partial charge in [-0.3, -0.25) is 14.9 Å². The monoisotopic (exact) mass is 417 g/mol. The first-order valence-electron chi connectivity index (χ1n) is 7.66. The first-order valence-corrected chi connectivity index (χ1v) is 9.14. The Hall–Kier alpha value is -2.99. The molecule has 150 valence electrons. The van der Waals surface area contributed by atoms with Crippen molar-refractivity contribution in [2.75, 3.05) is 11.9 Å². The minimum absolute atomic E-state index is 0.0782. The Morgan fingerprint density at radius 2 is 1.61 bits per heavy atom. The van der Waals surface area contributed by atoms with Gasteiger partial charge in [0.2, 0.25) is 15.9 Å². The van der Waals surface area contributed by atoms with E-state index in [9.17, 15) is 36.5 Å². The number of non-ortho nitro benzene ring substituents is 1. The van der Waals surface area contributed by atoms with Crippen LogP contribution in [0.1, 0.15) is 5.56 Å². The average Bonchev–Trinajstić information content (AvgIpc) is 2.60. The van der Waals surface area contributed by atoms with E-state index in [2.05, 4.69) is 5.32 Å². The molecule has 2 aromatic rings. The van der Waals surface area contributed by atoms with Gasteiger partial charge in [-0.2, -0.15) is 13.2 Å². The fraction of sp³-hybridized carbons (Fsp3) is 0.188. The van der Waals surface area contributed by atoms with Gasteiger partial charge in [0.05, 0.1) is 16.2 Å². The molecular weight excluding hydrogens is 403 g/mol. The number of carbonyl (C=O) groups excluding carboxylic acids is 1. The van der Waals surface area contributed by atoms with Crippen molar-refractivity contribution in [1.29, 1.82) is 0 Å². The van der Waals surface area contributed by atoms with Gasteiger partial charge < -0.3 is 5.32 Å². The van der Waals surface area contributed by atoms with Crippen LogP contribution in [0.2, 0.25) is 0 Å². The molecule has 0 unspecified atom stereocenters. The summed E-state index contributed by atoms with van der Waals surface area (Å²) in [6, 6.07) is 9.96. The second kappa shape index (κ2) is 8.35. The highest BCUT2D eigenvalue weighted by molar-refractivity contribution is 7.89. The number of carbonyl (C=O) groups is 1. The maximum atomic E-state index is 12.1. The Morgan fingerprint density at radius 1 is 1.04 bits per heavy atom. The van der Waals surface area contributed by atoms with Crippen molar-refractivity contribution in [3.8, 4) is 0 Å². The number of nitro benzene ring substituents is 1. The van der Waals surface area contributed by atoms with E-state index in [1.165, 1.54) is 41.1 Å². The number of amides is 1. The standard InChI is InChI=1S/C16H14F3N3O5S/c17-16(18,19)10-20-28(26,27)14-7-3-12(4-8-14)21-15(23)9-11-1-5-13(6-2-11)22(24)25/h1-8,20H,9-10H2,(H,21,23). The zero-order valence-electron chi connectivity index (χ0n) is 14.1. The SMILES string of the molecule is O=C(Cc1ccc([N+](=O)[O-])cc1)Nc1ccc(S(=O)(=O)NCC(F)(F)F)cc1. The lowest BCUT2D eigenvalue weighted by Gasteiger charge is -2.10. The maximum absolute atomic E-state index is 12.1. The van der Waals surface area contributed by atoms with Gasteiger partial charge in [0.1, 0.15) is 6.54 Å². The summed E-state index contributed by atoms with van der Waals surface area (Å²) in [5.74, 6) is -0.459. The number of rotatable bonds is 7. The quantitative estimate of drug-likeness (QED) is 0.530. The van der Waals surface area contributed by atoms with Crippen molar-refractivity contribution in [3.05, 3.63) is 64.2 Å². The number of nitro groups is 1. The van der Waals surface area contributed by atoms with Crippen molar-refractivity contribution < 1.29 is 31.3 Å². The van der Waals surface area contributed by atoms with Crippen LogP contribution in [0.15, 0.2) is 53.4 Å². The summed E-state index contributed by atoms with van der Waals surface area (Å²) in [5.41, 5.74) is 0.653. The third kappa shape index (κ3) is 6.32. The summed E-state index contributed by atoms with van der Waals surface area (Å²) in [6.07, 6.45) is -4.76. The normalized spacial score (nSPS) is 11.8. The van der Waals surface area contributed by atoms with Gasteiger partial charge in [-0.25, -0.2) is 13.1 Å². The van der Waals surface area contributed by atoms with Crippen LogP contribution in [0.5, 0.6) is 0 Å². The molecule has 0 aliphatic rings. The molecule has 0 bridgehead atoms. The number of halogens is 3. The molecule has 0 fully saturated rings. The van der Waals surface area contributed by atoms with E-state index < -0.39 is 33.6 Å². The number of hydrogen-bond acceptors (Lipinski definition) is 5. The third-order valence-electron chi connectivity index (χ3n) is 3.42. The molecule has 2 aromatic carbocycles. The summed E-state index contributed by atoms with van der Waals surface area (Å²) >= 11 is 0. The minimum atomic E-state index is -4.68. The summed E-state index contributed by atoms with van der Waals surface area (Å²) in [5, 5.41) is 13.1. The van der Waals surface area contributed by atoms with Crippen LogP contribution in [0.3, 0.4) is 0 Å². The highest BCUT2D eigenvalue weighted by atomic mass is 32.2. The Labute approximate surface area is 157 Å². The Morgan fingerprint density at radius 3 is 2.11 bits per heavy atom. The largest absolute Gasteiger partial charge is 0.402 e. The molecule has 0 spiro atoms. The van der Waals surface area contributed by atoms with Crippen molar-refractivity contribution in [3.63, 3.8) is 0 Å². The number of benzene rings is 2. The first kappa shape index (κ1) is 21.3. The van der Waals surface area contributed by atoms with E-state index in [0.717, 1.165) is 12.1 Å².